The minimum absolute atomic E-state index is 0.0111. The molecule has 0 aliphatic heterocycles. The highest BCUT2D eigenvalue weighted by molar-refractivity contribution is 5.85. The summed E-state index contributed by atoms with van der Waals surface area (Å²) in [6.07, 6.45) is 0.280. The Morgan fingerprint density at radius 3 is 2.14 bits per heavy atom. The Morgan fingerprint density at radius 2 is 1.50 bits per heavy atom. The highest BCUT2D eigenvalue weighted by atomic mass is 16.2. The molecule has 0 aliphatic rings. The van der Waals surface area contributed by atoms with Gasteiger partial charge in [-0.1, -0.05) is 60.7 Å². The van der Waals surface area contributed by atoms with Crippen LogP contribution < -0.4 is 10.6 Å². The van der Waals surface area contributed by atoms with Crippen molar-refractivity contribution in [2.75, 3.05) is 6.54 Å². The maximum atomic E-state index is 11.9. The van der Waals surface area contributed by atoms with Crippen molar-refractivity contribution in [3.63, 3.8) is 0 Å². The maximum Gasteiger partial charge on any atom is 0.239 e. The van der Waals surface area contributed by atoms with Crippen LogP contribution in [0.5, 0.6) is 0 Å². The second-order valence-corrected chi connectivity index (χ2v) is 5.14. The topological polar surface area (TPSA) is 58.2 Å². The Hall–Kier alpha value is -2.62. The zero-order valence-corrected chi connectivity index (χ0v) is 12.6. The van der Waals surface area contributed by atoms with Crippen LogP contribution in [0.1, 0.15) is 24.1 Å². The van der Waals surface area contributed by atoms with E-state index in [1.165, 1.54) is 0 Å². The van der Waals surface area contributed by atoms with Crippen LogP contribution in [-0.2, 0) is 16.0 Å². The molecule has 1 unspecified atom stereocenters. The van der Waals surface area contributed by atoms with Crippen LogP contribution in [0, 0.1) is 0 Å². The summed E-state index contributed by atoms with van der Waals surface area (Å²) in [4.78, 5) is 23.6. The maximum absolute atomic E-state index is 11.9. The van der Waals surface area contributed by atoms with Gasteiger partial charge in [-0.2, -0.15) is 0 Å². The molecule has 2 amide bonds. The second kappa shape index (κ2) is 7.98. The van der Waals surface area contributed by atoms with Gasteiger partial charge < -0.3 is 10.6 Å². The fourth-order valence-corrected chi connectivity index (χ4v) is 2.14. The molecule has 2 aromatic carbocycles. The van der Waals surface area contributed by atoms with E-state index < -0.39 is 0 Å². The quantitative estimate of drug-likeness (QED) is 0.859. The first-order valence-electron chi connectivity index (χ1n) is 7.30. The molecule has 4 heteroatoms. The van der Waals surface area contributed by atoms with Crippen molar-refractivity contribution in [3.05, 3.63) is 71.8 Å². The molecule has 1 atom stereocenters. The molecule has 2 N–H and O–H groups in total. The van der Waals surface area contributed by atoms with Crippen molar-refractivity contribution in [3.8, 4) is 0 Å². The predicted octanol–water partition coefficient (Wildman–Crippen LogP) is 2.22. The van der Waals surface area contributed by atoms with Gasteiger partial charge in [0, 0.05) is 0 Å². The zero-order valence-electron chi connectivity index (χ0n) is 12.6. The smallest absolute Gasteiger partial charge is 0.239 e. The molecule has 22 heavy (non-hydrogen) atoms. The minimum Gasteiger partial charge on any atom is -0.348 e. The van der Waals surface area contributed by atoms with E-state index in [-0.39, 0.29) is 30.8 Å². The van der Waals surface area contributed by atoms with Gasteiger partial charge in [-0.25, -0.2) is 0 Å². The molecule has 0 saturated carbocycles. The summed E-state index contributed by atoms with van der Waals surface area (Å²) in [5.41, 5.74) is 1.96. The first kappa shape index (κ1) is 15.8. The monoisotopic (exact) mass is 296 g/mol. The third-order valence-electron chi connectivity index (χ3n) is 3.33. The molecule has 0 saturated heterocycles. The van der Waals surface area contributed by atoms with Crippen LogP contribution in [0.2, 0.25) is 0 Å². The molecular formula is C18H20N2O2. The molecule has 114 valence electrons. The number of nitrogens with one attached hydrogen (secondary N) is 2. The summed E-state index contributed by atoms with van der Waals surface area (Å²) < 4.78 is 0. The first-order chi connectivity index (χ1) is 10.6. The second-order valence-electron chi connectivity index (χ2n) is 5.14. The van der Waals surface area contributed by atoms with Crippen molar-refractivity contribution >= 4 is 11.8 Å². The molecule has 0 aromatic heterocycles. The van der Waals surface area contributed by atoms with Crippen LogP contribution in [0.3, 0.4) is 0 Å². The van der Waals surface area contributed by atoms with Gasteiger partial charge in [-0.05, 0) is 18.1 Å². The van der Waals surface area contributed by atoms with Gasteiger partial charge in [0.05, 0.1) is 19.0 Å². The Kier molecular flexibility index (Phi) is 5.72. The minimum atomic E-state index is -0.197. The van der Waals surface area contributed by atoms with Crippen LogP contribution in [0.15, 0.2) is 60.7 Å². The van der Waals surface area contributed by atoms with Gasteiger partial charge in [-0.15, -0.1) is 0 Å². The summed E-state index contributed by atoms with van der Waals surface area (Å²) in [6, 6.07) is 19.1. The molecule has 2 aromatic rings. The summed E-state index contributed by atoms with van der Waals surface area (Å²) in [5, 5.41) is 5.50. The summed E-state index contributed by atoms with van der Waals surface area (Å²) in [7, 11) is 0. The fraction of sp³-hybridized carbons (Fsp3) is 0.222. The highest BCUT2D eigenvalue weighted by Crippen LogP contribution is 2.10. The van der Waals surface area contributed by atoms with Gasteiger partial charge in [0.2, 0.25) is 11.8 Å². The van der Waals surface area contributed by atoms with E-state index in [0.717, 1.165) is 11.1 Å². The molecule has 2 rings (SSSR count). The van der Waals surface area contributed by atoms with Crippen molar-refractivity contribution < 1.29 is 9.59 Å². The first-order valence-corrected chi connectivity index (χ1v) is 7.30. The van der Waals surface area contributed by atoms with Crippen LogP contribution in [0.25, 0.3) is 0 Å². The lowest BCUT2D eigenvalue weighted by Gasteiger charge is -2.14. The summed E-state index contributed by atoms with van der Waals surface area (Å²) >= 11 is 0. The Balaban J connectivity index is 1.74. The molecule has 0 aliphatic carbocycles. The third kappa shape index (κ3) is 5.05. The normalized spacial score (nSPS) is 11.5. The van der Waals surface area contributed by atoms with Gasteiger partial charge in [0.15, 0.2) is 0 Å². The van der Waals surface area contributed by atoms with E-state index in [1.54, 1.807) is 0 Å². The number of amides is 2. The zero-order chi connectivity index (χ0) is 15.8. The number of benzene rings is 2. The molecule has 0 radical (unpaired) electrons. The van der Waals surface area contributed by atoms with E-state index in [4.69, 9.17) is 0 Å². The van der Waals surface area contributed by atoms with Gasteiger partial charge in [0.1, 0.15) is 0 Å². The average molecular weight is 296 g/mol. The predicted molar refractivity (Wildman–Crippen MR) is 86.2 cm³/mol. The van der Waals surface area contributed by atoms with Crippen molar-refractivity contribution in [1.29, 1.82) is 0 Å². The molecule has 4 nitrogen and oxygen atoms in total. The molecule has 0 heterocycles. The van der Waals surface area contributed by atoms with E-state index in [1.807, 2.05) is 67.6 Å². The highest BCUT2D eigenvalue weighted by Gasteiger charge is 2.10. The Bertz CT molecular complexity index is 611. The summed E-state index contributed by atoms with van der Waals surface area (Å²) in [6.45, 7) is 1.90. The number of hydrogen-bond acceptors (Lipinski definition) is 2. The fourth-order valence-electron chi connectivity index (χ4n) is 2.14. The molecule has 0 spiro atoms. The van der Waals surface area contributed by atoms with Crippen LogP contribution in [0.4, 0.5) is 0 Å². The van der Waals surface area contributed by atoms with E-state index in [2.05, 4.69) is 10.6 Å². The van der Waals surface area contributed by atoms with Crippen molar-refractivity contribution in [1.82, 2.24) is 10.6 Å². The number of hydrogen-bond donors (Lipinski definition) is 2. The average Bonchev–Trinajstić information content (AvgIpc) is 2.55. The lowest BCUT2D eigenvalue weighted by atomic mass is 10.1. The van der Waals surface area contributed by atoms with E-state index in [9.17, 15) is 9.59 Å². The van der Waals surface area contributed by atoms with E-state index in [0.29, 0.717) is 0 Å². The van der Waals surface area contributed by atoms with Crippen molar-refractivity contribution in [2.24, 2.45) is 0 Å². The SMILES string of the molecule is CC(NC(=O)CNC(=O)Cc1ccccc1)c1ccccc1. The molecular weight excluding hydrogens is 276 g/mol. The standard InChI is InChI=1S/C18H20N2O2/c1-14(16-10-6-3-7-11-16)20-18(22)13-19-17(21)12-15-8-4-2-5-9-15/h2-11,14H,12-13H2,1H3,(H,19,21)(H,20,22). The number of carbonyl (C=O) groups excluding carboxylic acids is 2. The lowest BCUT2D eigenvalue weighted by molar-refractivity contribution is -0.126. The Morgan fingerprint density at radius 1 is 0.909 bits per heavy atom. The van der Waals surface area contributed by atoms with Crippen LogP contribution >= 0.6 is 0 Å². The van der Waals surface area contributed by atoms with Crippen molar-refractivity contribution in [2.45, 2.75) is 19.4 Å². The largest absolute Gasteiger partial charge is 0.348 e. The Labute approximate surface area is 130 Å². The van der Waals surface area contributed by atoms with E-state index >= 15 is 0 Å². The molecule has 0 fully saturated rings. The number of carbonyl (C=O) groups is 2. The van der Waals surface area contributed by atoms with Gasteiger partial charge in [-0.3, -0.25) is 9.59 Å². The van der Waals surface area contributed by atoms with Gasteiger partial charge >= 0.3 is 0 Å². The third-order valence-corrected chi connectivity index (χ3v) is 3.33. The lowest BCUT2D eigenvalue weighted by Crippen LogP contribution is -2.38. The van der Waals surface area contributed by atoms with Gasteiger partial charge in [0.25, 0.3) is 0 Å². The number of rotatable bonds is 6. The molecule has 0 bridgehead atoms. The summed E-state index contributed by atoms with van der Waals surface area (Å²) in [5.74, 6) is -0.355. The van der Waals surface area contributed by atoms with Crippen LogP contribution in [-0.4, -0.2) is 18.4 Å².